The minimum atomic E-state index is -1.22. The molecule has 2 unspecified atom stereocenters. The van der Waals surface area contributed by atoms with Gasteiger partial charge < -0.3 is 25.8 Å². The second-order valence-electron chi connectivity index (χ2n) is 6.56. The summed E-state index contributed by atoms with van der Waals surface area (Å²) in [5.74, 6) is 0.797. The Labute approximate surface area is 155 Å². The van der Waals surface area contributed by atoms with Crippen molar-refractivity contribution in [2.75, 3.05) is 12.3 Å². The number of aromatic nitrogens is 4. The summed E-state index contributed by atoms with van der Waals surface area (Å²) in [6.45, 7) is -0.402. The highest BCUT2D eigenvalue weighted by Crippen LogP contribution is 2.32. The van der Waals surface area contributed by atoms with E-state index in [1.807, 2.05) is 30.3 Å². The van der Waals surface area contributed by atoms with Gasteiger partial charge >= 0.3 is 0 Å². The highest BCUT2D eigenvalue weighted by atomic mass is 16.6. The van der Waals surface area contributed by atoms with Gasteiger partial charge in [0, 0.05) is 6.42 Å². The second-order valence-corrected chi connectivity index (χ2v) is 6.56. The minimum absolute atomic E-state index is 0.244. The summed E-state index contributed by atoms with van der Waals surface area (Å²) in [5, 5.41) is 29.5. The first-order valence-electron chi connectivity index (χ1n) is 8.73. The van der Waals surface area contributed by atoms with E-state index in [0.717, 1.165) is 12.0 Å². The summed E-state index contributed by atoms with van der Waals surface area (Å²) in [5.41, 5.74) is 8.01. The van der Waals surface area contributed by atoms with E-state index >= 15 is 0 Å². The van der Waals surface area contributed by atoms with Gasteiger partial charge in [-0.1, -0.05) is 30.3 Å². The molecule has 3 aromatic rings. The lowest BCUT2D eigenvalue weighted by Gasteiger charge is -2.16. The number of ether oxygens (including phenoxy) is 1. The summed E-state index contributed by atoms with van der Waals surface area (Å²) in [4.78, 5) is 13.1. The molecule has 4 rings (SSSR count). The first-order chi connectivity index (χ1) is 13.1. The first-order valence-corrected chi connectivity index (χ1v) is 8.73. The van der Waals surface area contributed by atoms with Crippen LogP contribution in [0.5, 0.6) is 0 Å². The molecule has 4 atom stereocenters. The van der Waals surface area contributed by atoms with Gasteiger partial charge in [0.05, 0.1) is 12.9 Å². The molecule has 0 saturated carbocycles. The molecule has 5 N–H and O–H groups in total. The Morgan fingerprint density at radius 2 is 1.85 bits per heavy atom. The van der Waals surface area contributed by atoms with Crippen molar-refractivity contribution in [1.29, 1.82) is 0 Å². The Hall–Kier alpha value is -2.59. The maximum absolute atomic E-state index is 10.3. The average molecular weight is 371 g/mol. The lowest BCUT2D eigenvalue weighted by molar-refractivity contribution is -0.0511. The maximum Gasteiger partial charge on any atom is 0.167 e. The fourth-order valence-corrected chi connectivity index (χ4v) is 3.29. The molecular weight excluding hydrogens is 350 g/mol. The zero-order valence-corrected chi connectivity index (χ0v) is 14.5. The van der Waals surface area contributed by atoms with Crippen LogP contribution in [0.15, 0.2) is 36.7 Å². The van der Waals surface area contributed by atoms with E-state index in [2.05, 4.69) is 15.0 Å². The SMILES string of the molecule is Nc1nc(CCc2ccccc2)nc2c1ncn2[C@@H]1O[C@H](CO)C(O)C1O. The first kappa shape index (κ1) is 17.8. The summed E-state index contributed by atoms with van der Waals surface area (Å²) in [6.07, 6.45) is -1.42. The molecule has 0 aliphatic carbocycles. The van der Waals surface area contributed by atoms with Crippen molar-refractivity contribution in [3.8, 4) is 0 Å². The Kier molecular flexibility index (Phi) is 4.75. The van der Waals surface area contributed by atoms with E-state index in [1.54, 1.807) is 0 Å². The molecule has 0 radical (unpaired) electrons. The van der Waals surface area contributed by atoms with Gasteiger partial charge in [-0.2, -0.15) is 0 Å². The van der Waals surface area contributed by atoms with Gasteiger partial charge in [0.2, 0.25) is 0 Å². The van der Waals surface area contributed by atoms with Crippen molar-refractivity contribution < 1.29 is 20.1 Å². The van der Waals surface area contributed by atoms with Gasteiger partial charge in [-0.15, -0.1) is 0 Å². The van der Waals surface area contributed by atoms with Crippen molar-refractivity contribution in [3.05, 3.63) is 48.0 Å². The predicted octanol–water partition coefficient (Wildman–Crippen LogP) is -0.195. The molecule has 27 heavy (non-hydrogen) atoms. The zero-order valence-electron chi connectivity index (χ0n) is 14.5. The molecule has 1 aromatic carbocycles. The number of nitrogens with two attached hydrogens (primary N) is 1. The number of anilines is 1. The van der Waals surface area contributed by atoms with Gasteiger partial charge in [0.15, 0.2) is 17.7 Å². The summed E-state index contributed by atoms with van der Waals surface area (Å²) >= 11 is 0. The number of fused-ring (bicyclic) bond motifs is 1. The van der Waals surface area contributed by atoms with Crippen LogP contribution in [0.1, 0.15) is 17.6 Å². The third-order valence-corrected chi connectivity index (χ3v) is 4.77. The van der Waals surface area contributed by atoms with Crippen LogP contribution in [0.4, 0.5) is 5.82 Å². The van der Waals surface area contributed by atoms with Gasteiger partial charge in [-0.3, -0.25) is 4.57 Å². The fourth-order valence-electron chi connectivity index (χ4n) is 3.29. The van der Waals surface area contributed by atoms with Crippen LogP contribution in [0.2, 0.25) is 0 Å². The van der Waals surface area contributed by atoms with Crippen LogP contribution in [0, 0.1) is 0 Å². The number of nitrogens with zero attached hydrogens (tertiary/aromatic N) is 4. The number of hydrogen-bond donors (Lipinski definition) is 4. The number of imidazole rings is 1. The van der Waals surface area contributed by atoms with E-state index < -0.39 is 31.1 Å². The normalized spacial score (nSPS) is 25.3. The van der Waals surface area contributed by atoms with Crippen LogP contribution in [-0.2, 0) is 17.6 Å². The third kappa shape index (κ3) is 3.26. The molecule has 1 aliphatic rings. The van der Waals surface area contributed by atoms with Gasteiger partial charge in [0.25, 0.3) is 0 Å². The molecule has 0 bridgehead atoms. The van der Waals surface area contributed by atoms with E-state index in [-0.39, 0.29) is 5.82 Å². The molecular formula is C18H21N5O4. The Morgan fingerprint density at radius 3 is 2.56 bits per heavy atom. The molecule has 1 aliphatic heterocycles. The molecule has 142 valence electrons. The van der Waals surface area contributed by atoms with E-state index in [4.69, 9.17) is 10.5 Å². The fraction of sp³-hybridized carbons (Fsp3) is 0.389. The molecule has 9 heteroatoms. The van der Waals surface area contributed by atoms with E-state index in [9.17, 15) is 15.3 Å². The second kappa shape index (κ2) is 7.20. The molecule has 1 saturated heterocycles. The summed E-state index contributed by atoms with van der Waals surface area (Å²) in [7, 11) is 0. The summed E-state index contributed by atoms with van der Waals surface area (Å²) < 4.78 is 7.09. The van der Waals surface area contributed by atoms with E-state index in [0.29, 0.717) is 23.4 Å². The van der Waals surface area contributed by atoms with Crippen molar-refractivity contribution in [1.82, 2.24) is 19.5 Å². The summed E-state index contributed by atoms with van der Waals surface area (Å²) in [6, 6.07) is 9.98. The quantitative estimate of drug-likeness (QED) is 0.484. The van der Waals surface area contributed by atoms with Gasteiger partial charge in [-0.25, -0.2) is 15.0 Å². The number of aliphatic hydroxyl groups is 3. The van der Waals surface area contributed by atoms with E-state index in [1.165, 1.54) is 10.9 Å². The number of aryl methyl sites for hydroxylation is 2. The lowest BCUT2D eigenvalue weighted by Crippen LogP contribution is -2.33. The molecule has 3 heterocycles. The molecule has 1 fully saturated rings. The van der Waals surface area contributed by atoms with Crippen LogP contribution in [0.3, 0.4) is 0 Å². The monoisotopic (exact) mass is 371 g/mol. The Balaban J connectivity index is 1.64. The largest absolute Gasteiger partial charge is 0.394 e. The topological polar surface area (TPSA) is 140 Å². The lowest BCUT2D eigenvalue weighted by atomic mass is 10.1. The minimum Gasteiger partial charge on any atom is -0.394 e. The number of aliphatic hydroxyl groups excluding tert-OH is 3. The molecule has 0 spiro atoms. The number of hydrogen-bond acceptors (Lipinski definition) is 8. The maximum atomic E-state index is 10.3. The zero-order chi connectivity index (χ0) is 19.0. The van der Waals surface area contributed by atoms with Crippen LogP contribution >= 0.6 is 0 Å². The number of benzene rings is 1. The average Bonchev–Trinajstić information content (AvgIpc) is 3.23. The van der Waals surface area contributed by atoms with Crippen LogP contribution < -0.4 is 5.73 Å². The molecule has 0 amide bonds. The Bertz CT molecular complexity index is 932. The van der Waals surface area contributed by atoms with Gasteiger partial charge in [-0.05, 0) is 12.0 Å². The van der Waals surface area contributed by atoms with Gasteiger partial charge in [0.1, 0.15) is 29.7 Å². The number of nitrogen functional groups attached to an aromatic ring is 1. The highest BCUT2D eigenvalue weighted by Gasteiger charge is 2.44. The van der Waals surface area contributed by atoms with Crippen LogP contribution in [-0.4, -0.2) is 59.8 Å². The predicted molar refractivity (Wildman–Crippen MR) is 96.6 cm³/mol. The van der Waals surface area contributed by atoms with Crippen LogP contribution in [0.25, 0.3) is 11.2 Å². The highest BCUT2D eigenvalue weighted by molar-refractivity contribution is 5.81. The molecule has 9 nitrogen and oxygen atoms in total. The van der Waals surface area contributed by atoms with Crippen molar-refractivity contribution in [2.24, 2.45) is 0 Å². The van der Waals surface area contributed by atoms with Crippen molar-refractivity contribution in [3.63, 3.8) is 0 Å². The van der Waals surface area contributed by atoms with Crippen molar-refractivity contribution in [2.45, 2.75) is 37.4 Å². The van der Waals surface area contributed by atoms with Crippen molar-refractivity contribution >= 4 is 17.0 Å². The number of rotatable bonds is 5. The smallest absolute Gasteiger partial charge is 0.167 e. The standard InChI is InChI=1S/C18H21N5O4/c19-16-13-17(22-12(21-16)7-6-10-4-2-1-3-5-10)23(9-20-13)18-15(26)14(25)11(8-24)27-18/h1-5,9,11,14-15,18,24-26H,6-8H2,(H2,19,21,22)/t11-,14?,15?,18-/m1/s1. The Morgan fingerprint density at radius 1 is 1.07 bits per heavy atom. The third-order valence-electron chi connectivity index (χ3n) is 4.77. The molecule has 2 aromatic heterocycles.